The molecular weight excluding hydrogens is 407 g/mol. The quantitative estimate of drug-likeness (QED) is 0.463. The molecule has 1 N–H and O–H groups in total. The van der Waals surface area contributed by atoms with Gasteiger partial charge >= 0.3 is 0 Å². The van der Waals surface area contributed by atoms with Crippen LogP contribution in [0, 0.1) is 0 Å². The second kappa shape index (κ2) is 13.2. The topological polar surface area (TPSA) is 33.7 Å². The lowest BCUT2D eigenvalue weighted by molar-refractivity contribution is -0.001000. The molecule has 0 aromatic heterocycles. The first kappa shape index (κ1) is 24.0. The Labute approximate surface area is 179 Å². The van der Waals surface area contributed by atoms with Crippen molar-refractivity contribution in [3.63, 3.8) is 0 Å². The normalized spacial score (nSPS) is 14.1. The molecule has 1 fully saturated rings. The van der Waals surface area contributed by atoms with Crippen LogP contribution in [-0.4, -0.2) is 44.3 Å². The molecule has 0 saturated carbocycles. The van der Waals surface area contributed by atoms with Gasteiger partial charge in [-0.1, -0.05) is 35.9 Å². The number of hydrogen-bond acceptors (Lipinski definition) is 4. The zero-order chi connectivity index (χ0) is 17.3. The lowest BCUT2D eigenvalue weighted by Gasteiger charge is -2.26. The summed E-state index contributed by atoms with van der Waals surface area (Å²) < 4.78 is 11.2. The van der Waals surface area contributed by atoms with E-state index in [1.807, 2.05) is 36.4 Å². The summed E-state index contributed by atoms with van der Waals surface area (Å²) in [7, 11) is 0. The number of nitrogens with zero attached hydrogens (tertiary/aromatic N) is 1. The van der Waals surface area contributed by atoms with E-state index in [-0.39, 0.29) is 24.8 Å². The van der Waals surface area contributed by atoms with E-state index in [0.717, 1.165) is 62.3 Å². The highest BCUT2D eigenvalue weighted by Crippen LogP contribution is 2.16. The summed E-state index contributed by atoms with van der Waals surface area (Å²) >= 11 is 5.90. The summed E-state index contributed by atoms with van der Waals surface area (Å²) in [5.41, 5.74) is 2.34. The Bertz CT molecular complexity index is 650. The minimum absolute atomic E-state index is 0. The van der Waals surface area contributed by atoms with Crippen molar-refractivity contribution in [3.8, 4) is 5.75 Å². The molecule has 2 aromatic rings. The van der Waals surface area contributed by atoms with Crippen molar-refractivity contribution in [2.24, 2.45) is 0 Å². The molecule has 2 aromatic carbocycles. The van der Waals surface area contributed by atoms with Crippen LogP contribution in [0.3, 0.4) is 0 Å². The van der Waals surface area contributed by atoms with Gasteiger partial charge in [0.2, 0.25) is 0 Å². The van der Waals surface area contributed by atoms with E-state index in [4.69, 9.17) is 21.1 Å². The molecule has 27 heavy (non-hydrogen) atoms. The van der Waals surface area contributed by atoms with E-state index in [0.29, 0.717) is 6.61 Å². The van der Waals surface area contributed by atoms with Crippen LogP contribution in [0.1, 0.15) is 11.1 Å². The maximum absolute atomic E-state index is 5.90. The predicted molar refractivity (Wildman–Crippen MR) is 101 cm³/mol. The van der Waals surface area contributed by atoms with E-state index in [1.54, 1.807) is 0 Å². The van der Waals surface area contributed by atoms with Gasteiger partial charge in [0.05, 0.1) is 13.2 Å². The highest BCUT2D eigenvalue weighted by molar-refractivity contribution is 6.30. The third-order valence-corrected chi connectivity index (χ3v) is 4.51. The van der Waals surface area contributed by atoms with Crippen LogP contribution in [0.2, 0.25) is 5.02 Å². The van der Waals surface area contributed by atoms with Gasteiger partial charge in [0.15, 0.2) is 0 Å². The fraction of sp³-hybridized carbons (Fsp3) is 0.400. The molecule has 0 aliphatic carbocycles. The molecule has 0 amide bonds. The first-order valence-electron chi connectivity index (χ1n) is 8.76. The van der Waals surface area contributed by atoms with Crippen molar-refractivity contribution >= 4 is 11.6 Å². The van der Waals surface area contributed by atoms with Crippen molar-refractivity contribution in [1.82, 2.24) is 10.2 Å². The van der Waals surface area contributed by atoms with Crippen LogP contribution in [-0.2, 0) is 17.9 Å². The number of ether oxygens (including phenoxy) is 2. The molecule has 1 aliphatic rings. The van der Waals surface area contributed by atoms with Crippen molar-refractivity contribution in [2.45, 2.75) is 13.2 Å². The monoisotopic (exact) mass is 430 g/mol. The van der Waals surface area contributed by atoms with Crippen molar-refractivity contribution in [3.05, 3.63) is 64.7 Å². The maximum atomic E-state index is 5.90. The Morgan fingerprint density at radius 2 is 1.74 bits per heavy atom. The second-order valence-electron chi connectivity index (χ2n) is 6.19. The van der Waals surface area contributed by atoms with E-state index < -0.39 is 0 Å². The van der Waals surface area contributed by atoms with Crippen LogP contribution in [0.5, 0.6) is 5.75 Å². The van der Waals surface area contributed by atoms with Gasteiger partial charge in [-0.3, -0.25) is 4.90 Å². The highest BCUT2D eigenvalue weighted by atomic mass is 35.5. The van der Waals surface area contributed by atoms with Crippen LogP contribution >= 0.6 is 11.6 Å². The lowest BCUT2D eigenvalue weighted by Crippen LogP contribution is -3.00. The van der Waals surface area contributed by atoms with Gasteiger partial charge < -0.3 is 39.6 Å². The zero-order valence-corrected chi connectivity index (χ0v) is 17.4. The predicted octanol–water partition coefficient (Wildman–Crippen LogP) is -2.65. The summed E-state index contributed by atoms with van der Waals surface area (Å²) in [4.78, 5) is 2.43. The minimum atomic E-state index is 0. The van der Waals surface area contributed by atoms with Crippen LogP contribution in [0.4, 0.5) is 0 Å². The number of rotatable bonds is 8. The standard InChI is InChI=1S/C20H25ClN2O2.2ClH/c21-19-6-4-17(5-7-19)16-25-20-3-1-2-18(14-20)15-22-8-9-23-10-12-24-13-11-23;;/h1-7,14,22H,8-13,15-16H2;2*1H/p-2. The minimum Gasteiger partial charge on any atom is -1.00 e. The maximum Gasteiger partial charge on any atom is 0.120 e. The summed E-state index contributed by atoms with van der Waals surface area (Å²) in [5, 5.41) is 4.25. The van der Waals surface area contributed by atoms with Gasteiger partial charge in [0.25, 0.3) is 0 Å². The molecule has 3 rings (SSSR count). The Balaban J connectivity index is 0.00000182. The zero-order valence-electron chi connectivity index (χ0n) is 15.2. The Morgan fingerprint density at radius 3 is 2.48 bits per heavy atom. The SMILES string of the molecule is Clc1ccc(COc2cccc(CNCCN3CCOCC3)c2)cc1.[Cl-].[Cl-]. The molecule has 4 nitrogen and oxygen atoms in total. The third kappa shape index (κ3) is 8.69. The van der Waals surface area contributed by atoms with Gasteiger partial charge in [0.1, 0.15) is 12.4 Å². The largest absolute Gasteiger partial charge is 1.00 e. The molecule has 7 heteroatoms. The second-order valence-corrected chi connectivity index (χ2v) is 6.63. The van der Waals surface area contributed by atoms with Gasteiger partial charge in [-0.05, 0) is 35.4 Å². The molecule has 1 heterocycles. The number of morpholine rings is 1. The molecule has 0 radical (unpaired) electrons. The smallest absolute Gasteiger partial charge is 0.120 e. The number of halogens is 3. The Hall–Kier alpha value is -1.01. The fourth-order valence-electron chi connectivity index (χ4n) is 2.79. The van der Waals surface area contributed by atoms with E-state index in [1.165, 1.54) is 5.56 Å². The average Bonchev–Trinajstić information content (AvgIpc) is 2.66. The molecule has 1 saturated heterocycles. The van der Waals surface area contributed by atoms with Gasteiger partial charge in [0, 0.05) is 37.7 Å². The summed E-state index contributed by atoms with van der Waals surface area (Å²) in [6.45, 7) is 7.23. The molecule has 0 atom stereocenters. The van der Waals surface area contributed by atoms with Crippen LogP contribution in [0.15, 0.2) is 48.5 Å². The summed E-state index contributed by atoms with van der Waals surface area (Å²) in [6, 6.07) is 16.0. The van der Waals surface area contributed by atoms with Crippen LogP contribution < -0.4 is 34.9 Å². The fourth-order valence-corrected chi connectivity index (χ4v) is 2.91. The van der Waals surface area contributed by atoms with E-state index in [2.05, 4.69) is 22.3 Å². The number of nitrogens with one attached hydrogen (secondary N) is 1. The molecule has 1 aliphatic heterocycles. The van der Waals surface area contributed by atoms with Gasteiger partial charge in [-0.2, -0.15) is 0 Å². The number of hydrogen-bond donors (Lipinski definition) is 1. The molecule has 0 unspecified atom stereocenters. The molecule has 150 valence electrons. The van der Waals surface area contributed by atoms with Crippen molar-refractivity contribution in [1.29, 1.82) is 0 Å². The summed E-state index contributed by atoms with van der Waals surface area (Å²) in [5.74, 6) is 0.891. The summed E-state index contributed by atoms with van der Waals surface area (Å²) in [6.07, 6.45) is 0. The first-order valence-corrected chi connectivity index (χ1v) is 9.14. The Morgan fingerprint density at radius 1 is 1.00 bits per heavy atom. The Kier molecular flexibility index (Phi) is 11.8. The van der Waals surface area contributed by atoms with Crippen molar-refractivity contribution < 1.29 is 34.3 Å². The van der Waals surface area contributed by atoms with Gasteiger partial charge in [-0.15, -0.1) is 0 Å². The average molecular weight is 432 g/mol. The van der Waals surface area contributed by atoms with E-state index in [9.17, 15) is 0 Å². The third-order valence-electron chi connectivity index (χ3n) is 4.25. The number of benzene rings is 2. The van der Waals surface area contributed by atoms with Crippen molar-refractivity contribution in [2.75, 3.05) is 39.4 Å². The van der Waals surface area contributed by atoms with Gasteiger partial charge in [-0.25, -0.2) is 0 Å². The molecular formula is C20H25Cl3N2O2-2. The molecule has 0 spiro atoms. The lowest BCUT2D eigenvalue weighted by atomic mass is 10.2. The van der Waals surface area contributed by atoms with E-state index >= 15 is 0 Å². The first-order chi connectivity index (χ1) is 12.3. The highest BCUT2D eigenvalue weighted by Gasteiger charge is 2.09. The van der Waals surface area contributed by atoms with Crippen LogP contribution in [0.25, 0.3) is 0 Å². The molecule has 0 bridgehead atoms.